The van der Waals surface area contributed by atoms with Crippen molar-refractivity contribution in [1.29, 1.82) is 0 Å². The van der Waals surface area contributed by atoms with E-state index in [2.05, 4.69) is 207 Å². The van der Waals surface area contributed by atoms with Crippen LogP contribution in [0, 0.1) is 13.8 Å². The number of nitrogens with zero attached hydrogens (tertiary/aromatic N) is 5. The van der Waals surface area contributed by atoms with Crippen LogP contribution in [-0.2, 0) is 0 Å². The van der Waals surface area contributed by atoms with Crippen molar-refractivity contribution in [3.8, 4) is 135 Å². The van der Waals surface area contributed by atoms with Gasteiger partial charge in [0.25, 0.3) is 0 Å². The van der Waals surface area contributed by atoms with Gasteiger partial charge in [-0.15, -0.1) is 0 Å². The van der Waals surface area contributed by atoms with Crippen LogP contribution in [0.15, 0.2) is 286 Å². The third-order valence-corrected chi connectivity index (χ3v) is 14.7. The molecule has 0 atom stereocenters. The van der Waals surface area contributed by atoms with Gasteiger partial charge in [0.2, 0.25) is 0 Å². The first kappa shape index (κ1) is 49.9. The predicted octanol–water partition coefficient (Wildman–Crippen LogP) is 19.4. The van der Waals surface area contributed by atoms with E-state index in [9.17, 15) is 0 Å². The zero-order valence-electron chi connectivity index (χ0n) is 44.8. The molecule has 6 nitrogen and oxygen atoms in total. The van der Waals surface area contributed by atoms with Gasteiger partial charge in [0.15, 0.2) is 5.82 Å². The molecule has 6 heteroatoms. The smallest absolute Gasteiger partial charge is 0.159 e. The topological polar surface area (TPSA) is 73.7 Å². The highest BCUT2D eigenvalue weighted by molar-refractivity contribution is 5.94. The van der Waals surface area contributed by atoms with Crippen LogP contribution in [0.1, 0.15) is 11.1 Å². The first-order valence-corrected chi connectivity index (χ1v) is 27.2. The van der Waals surface area contributed by atoms with Crippen LogP contribution in [0.4, 0.5) is 0 Å². The monoisotopic (exact) mass is 1040 g/mol. The number of ether oxygens (including phenoxy) is 1. The lowest BCUT2D eigenvalue weighted by Gasteiger charge is -2.18. The van der Waals surface area contributed by atoms with Gasteiger partial charge < -0.3 is 4.74 Å². The normalized spacial score (nSPS) is 11.1. The molecule has 13 aromatic rings. The molecule has 0 amide bonds. The van der Waals surface area contributed by atoms with E-state index in [0.717, 1.165) is 117 Å². The lowest BCUT2D eigenvalue weighted by Crippen LogP contribution is -1.94. The fourth-order valence-corrected chi connectivity index (χ4v) is 10.7. The second-order valence-corrected chi connectivity index (χ2v) is 20.3. The fraction of sp³-hybridized carbons (Fsp3) is 0.0267. The summed E-state index contributed by atoms with van der Waals surface area (Å²) in [6.45, 7) is 4.22. The summed E-state index contributed by atoms with van der Waals surface area (Å²) in [6, 6.07) is 88.8. The summed E-state index contributed by atoms with van der Waals surface area (Å²) >= 11 is 0. The maximum atomic E-state index is 6.63. The molecule has 0 fully saturated rings. The first-order valence-electron chi connectivity index (χ1n) is 27.2. The van der Waals surface area contributed by atoms with Gasteiger partial charge in [-0.2, -0.15) is 0 Å². The molecule has 0 saturated carbocycles. The van der Waals surface area contributed by atoms with E-state index < -0.39 is 0 Å². The van der Waals surface area contributed by atoms with E-state index in [1.807, 2.05) is 97.7 Å². The second kappa shape index (κ2) is 22.3. The van der Waals surface area contributed by atoms with E-state index >= 15 is 0 Å². The summed E-state index contributed by atoms with van der Waals surface area (Å²) in [7, 11) is 0. The Kier molecular flexibility index (Phi) is 13.8. The van der Waals surface area contributed by atoms with Gasteiger partial charge in [0.05, 0.1) is 17.1 Å². The molecule has 4 aromatic heterocycles. The van der Waals surface area contributed by atoms with Crippen molar-refractivity contribution in [2.75, 3.05) is 0 Å². The molecule has 0 saturated heterocycles. The number of aromatic nitrogens is 5. The Morgan fingerprint density at radius 3 is 1.16 bits per heavy atom. The van der Waals surface area contributed by atoms with Crippen molar-refractivity contribution >= 4 is 0 Å². The molecule has 0 bridgehead atoms. The lowest BCUT2D eigenvalue weighted by atomic mass is 9.86. The number of hydrogen-bond donors (Lipinski definition) is 0. The van der Waals surface area contributed by atoms with Crippen LogP contribution in [0.2, 0.25) is 0 Å². The van der Waals surface area contributed by atoms with Crippen molar-refractivity contribution in [2.45, 2.75) is 13.8 Å². The minimum Gasteiger partial charge on any atom is -0.457 e. The van der Waals surface area contributed by atoms with Gasteiger partial charge in [0.1, 0.15) is 11.5 Å². The SMILES string of the molecule is Cc1cccc(-c2ccc(-c3ccccc3-c3cc(-c4ccccc4-c4ccc(-c5cccc(C)c5)nc4)cc(-c4ccccc4-c4cnc(-c5cccc(Oc6cc(-c7ccccc7)cc(-c7ccccn7)c6)c5)nc4)c3)cn2)c1. The average molecular weight is 1040 g/mol. The summed E-state index contributed by atoms with van der Waals surface area (Å²) < 4.78 is 6.63. The van der Waals surface area contributed by atoms with Gasteiger partial charge in [-0.25, -0.2) is 9.97 Å². The van der Waals surface area contributed by atoms with Crippen LogP contribution < -0.4 is 4.74 Å². The summed E-state index contributed by atoms with van der Waals surface area (Å²) in [5.74, 6) is 1.97. The second-order valence-electron chi connectivity index (χ2n) is 20.3. The first-order chi connectivity index (χ1) is 39.9. The number of aryl methyl sites for hydroxylation is 2. The zero-order valence-corrected chi connectivity index (χ0v) is 44.8. The maximum absolute atomic E-state index is 6.63. The van der Waals surface area contributed by atoms with Crippen molar-refractivity contribution in [3.63, 3.8) is 0 Å². The molecule has 81 heavy (non-hydrogen) atoms. The van der Waals surface area contributed by atoms with Gasteiger partial charge in [-0.3, -0.25) is 15.0 Å². The van der Waals surface area contributed by atoms with Crippen molar-refractivity contribution in [2.24, 2.45) is 0 Å². The summed E-state index contributed by atoms with van der Waals surface area (Å²) in [6.07, 6.45) is 9.65. The third-order valence-electron chi connectivity index (χ3n) is 14.7. The van der Waals surface area contributed by atoms with E-state index in [1.54, 1.807) is 0 Å². The zero-order chi connectivity index (χ0) is 54.5. The molecule has 0 N–H and O–H groups in total. The standard InChI is InChI=1S/C75H53N5O/c1-50-17-14-21-53(37-50)73-34-32-56(46-77-73)66-25-6-8-27-68(66)59-40-60(69-28-9-7-26-67(69)57-33-35-74(78-47-57)54-22-15-18-51(2)38-54)42-61(41-59)70-29-10-11-30-71(70)63-48-79-75(80-49-63)55-23-16-24-64(43-55)81-65-44-58(52-19-4-3-5-20-52)39-62(45-65)72-31-12-13-36-76-72/h3-49H,1-2H3. The van der Waals surface area contributed by atoms with Crippen molar-refractivity contribution < 1.29 is 4.74 Å². The molecular formula is C75H53N5O. The van der Waals surface area contributed by atoms with E-state index in [1.165, 1.54) is 11.1 Å². The number of hydrogen-bond acceptors (Lipinski definition) is 6. The minimum atomic E-state index is 0.592. The van der Waals surface area contributed by atoms with Crippen LogP contribution in [0.3, 0.4) is 0 Å². The van der Waals surface area contributed by atoms with Crippen molar-refractivity contribution in [3.05, 3.63) is 297 Å². The Morgan fingerprint density at radius 1 is 0.235 bits per heavy atom. The minimum absolute atomic E-state index is 0.592. The highest BCUT2D eigenvalue weighted by atomic mass is 16.5. The molecule has 0 radical (unpaired) electrons. The highest BCUT2D eigenvalue weighted by Gasteiger charge is 2.18. The van der Waals surface area contributed by atoms with Gasteiger partial charge in [0, 0.05) is 69.9 Å². The molecular weight excluding hydrogens is 987 g/mol. The molecule has 0 aliphatic carbocycles. The molecule has 384 valence electrons. The molecule has 0 unspecified atom stereocenters. The van der Waals surface area contributed by atoms with Crippen LogP contribution >= 0.6 is 0 Å². The molecule has 13 rings (SSSR count). The van der Waals surface area contributed by atoms with Crippen molar-refractivity contribution in [1.82, 2.24) is 24.9 Å². The van der Waals surface area contributed by atoms with Gasteiger partial charge >= 0.3 is 0 Å². The molecule has 0 aliphatic heterocycles. The Hall–Kier alpha value is -10.7. The Bertz CT molecular complexity index is 4160. The van der Waals surface area contributed by atoms with E-state index in [4.69, 9.17) is 24.7 Å². The number of benzene rings is 9. The van der Waals surface area contributed by atoms with Crippen LogP contribution in [0.5, 0.6) is 11.5 Å². The average Bonchev–Trinajstić information content (AvgIpc) is 3.54. The highest BCUT2D eigenvalue weighted by Crippen LogP contribution is 2.43. The molecule has 0 aliphatic rings. The quantitative estimate of drug-likeness (QED) is 0.115. The van der Waals surface area contributed by atoms with E-state index in [-0.39, 0.29) is 0 Å². The third kappa shape index (κ3) is 10.8. The number of rotatable bonds is 13. The fourth-order valence-electron chi connectivity index (χ4n) is 10.7. The maximum Gasteiger partial charge on any atom is 0.159 e. The Labute approximate surface area is 472 Å². The summed E-state index contributed by atoms with van der Waals surface area (Å²) in [5.41, 5.74) is 23.9. The molecule has 0 spiro atoms. The molecule has 9 aromatic carbocycles. The predicted molar refractivity (Wildman–Crippen MR) is 331 cm³/mol. The lowest BCUT2D eigenvalue weighted by molar-refractivity contribution is 0.483. The van der Waals surface area contributed by atoms with Gasteiger partial charge in [-0.05, 0) is 160 Å². The molecule has 4 heterocycles. The number of pyridine rings is 3. The van der Waals surface area contributed by atoms with Gasteiger partial charge in [-0.1, -0.05) is 181 Å². The van der Waals surface area contributed by atoms with Crippen LogP contribution in [0.25, 0.3) is 123 Å². The summed E-state index contributed by atoms with van der Waals surface area (Å²) in [4.78, 5) is 24.7. The van der Waals surface area contributed by atoms with E-state index in [0.29, 0.717) is 17.3 Å². The van der Waals surface area contributed by atoms with Crippen LogP contribution in [-0.4, -0.2) is 24.9 Å². The largest absolute Gasteiger partial charge is 0.457 e. The summed E-state index contributed by atoms with van der Waals surface area (Å²) in [5, 5.41) is 0. The Balaban J connectivity index is 0.868. The Morgan fingerprint density at radius 2 is 0.654 bits per heavy atom.